The summed E-state index contributed by atoms with van der Waals surface area (Å²) in [5.74, 6) is 0.0118. The Balaban J connectivity index is 1.59. The summed E-state index contributed by atoms with van der Waals surface area (Å²) in [5.41, 5.74) is 4.10. The summed E-state index contributed by atoms with van der Waals surface area (Å²) < 4.78 is 20.1. The number of amides is 1. The van der Waals surface area contributed by atoms with Crippen LogP contribution in [0.5, 0.6) is 0 Å². The average molecular weight is 399 g/mol. The molecule has 0 unspecified atom stereocenters. The molecule has 1 aliphatic heterocycles. The van der Waals surface area contributed by atoms with Crippen molar-refractivity contribution in [2.45, 2.75) is 18.9 Å². The lowest BCUT2D eigenvalue weighted by atomic mass is 10.0. The number of carbonyl (C=O) groups excluding carboxylic acids is 1. The Hall–Kier alpha value is -3.04. The van der Waals surface area contributed by atoms with E-state index in [0.717, 1.165) is 24.9 Å². The molecule has 1 aromatic carbocycles. The average Bonchev–Trinajstić information content (AvgIpc) is 3.37. The van der Waals surface area contributed by atoms with Crippen LogP contribution in [0.3, 0.4) is 0 Å². The van der Waals surface area contributed by atoms with Gasteiger partial charge in [0.25, 0.3) is 5.91 Å². The first-order chi connectivity index (χ1) is 14.2. The van der Waals surface area contributed by atoms with E-state index in [9.17, 15) is 9.18 Å². The quantitative estimate of drug-likeness (QED) is 0.486. The Morgan fingerprint density at radius 2 is 2.21 bits per heavy atom. The number of aromatic nitrogens is 3. The van der Waals surface area contributed by atoms with Crippen LogP contribution in [-0.4, -0.2) is 47.4 Å². The number of ether oxygens (including phenoxy) is 1. The Morgan fingerprint density at radius 1 is 1.31 bits per heavy atom. The summed E-state index contributed by atoms with van der Waals surface area (Å²) in [4.78, 5) is 23.9. The van der Waals surface area contributed by atoms with Crippen molar-refractivity contribution in [3.63, 3.8) is 0 Å². The molecule has 3 heterocycles. The van der Waals surface area contributed by atoms with Crippen LogP contribution in [0.2, 0.25) is 0 Å². The fourth-order valence-corrected chi connectivity index (χ4v) is 3.57. The number of fused-ring (bicyclic) bond motifs is 1. The molecule has 1 saturated heterocycles. The minimum absolute atomic E-state index is 0.0359. The van der Waals surface area contributed by atoms with Crippen LogP contribution >= 0.6 is 0 Å². The number of methoxy groups -OCH3 is 1. The van der Waals surface area contributed by atoms with Gasteiger partial charge in [0.15, 0.2) is 11.3 Å². The number of hydrogen-bond donors (Lipinski definition) is 1. The monoisotopic (exact) mass is 399 g/mol. The van der Waals surface area contributed by atoms with Crippen LogP contribution in [0, 0.1) is 5.82 Å². The third-order valence-electron chi connectivity index (χ3n) is 4.92. The van der Waals surface area contributed by atoms with E-state index in [0.29, 0.717) is 18.1 Å². The first-order valence-corrected chi connectivity index (χ1v) is 9.45. The predicted octanol–water partition coefficient (Wildman–Crippen LogP) is 2.52. The topological polar surface area (TPSA) is 81.0 Å². The minimum atomic E-state index is -0.443. The smallest absolute Gasteiger partial charge is 0.295 e. The fraction of sp³-hybridized carbons (Fsp3) is 0.350. The van der Waals surface area contributed by atoms with Crippen molar-refractivity contribution in [2.75, 3.05) is 31.8 Å². The molecule has 0 spiro atoms. The van der Waals surface area contributed by atoms with Crippen LogP contribution in [0.4, 0.5) is 10.2 Å². The molecule has 152 valence electrons. The molecule has 2 aromatic heterocycles. The Bertz CT molecular complexity index is 1010. The Kier molecular flexibility index (Phi) is 5.68. The van der Waals surface area contributed by atoms with Gasteiger partial charge in [0.05, 0.1) is 25.5 Å². The van der Waals surface area contributed by atoms with E-state index in [1.54, 1.807) is 19.2 Å². The maximum atomic E-state index is 13.7. The maximum absolute atomic E-state index is 13.7. The van der Waals surface area contributed by atoms with E-state index in [-0.39, 0.29) is 24.2 Å². The lowest BCUT2D eigenvalue weighted by Crippen LogP contribution is -2.28. The van der Waals surface area contributed by atoms with Crippen LogP contribution in [0.15, 0.2) is 42.6 Å². The zero-order chi connectivity index (χ0) is 20.2. The molecule has 1 aliphatic rings. The molecule has 3 aromatic rings. The molecule has 1 fully saturated rings. The van der Waals surface area contributed by atoms with Gasteiger partial charge >= 0.3 is 0 Å². The highest BCUT2D eigenvalue weighted by molar-refractivity contribution is 5.92. The van der Waals surface area contributed by atoms with Crippen LogP contribution in [0.1, 0.15) is 34.9 Å². The highest BCUT2D eigenvalue weighted by Gasteiger charge is 2.28. The van der Waals surface area contributed by atoms with Gasteiger partial charge in [-0.25, -0.2) is 19.4 Å². The molecule has 1 N–H and O–H groups in total. The molecule has 4 rings (SSSR count). The lowest BCUT2D eigenvalue weighted by Gasteiger charge is -2.26. The van der Waals surface area contributed by atoms with Gasteiger partial charge in [-0.05, 0) is 42.7 Å². The molecule has 0 aliphatic carbocycles. The van der Waals surface area contributed by atoms with Gasteiger partial charge in [0, 0.05) is 13.7 Å². The van der Waals surface area contributed by atoms with E-state index in [1.165, 1.54) is 16.8 Å². The fourth-order valence-electron chi connectivity index (χ4n) is 3.57. The van der Waals surface area contributed by atoms with Crippen molar-refractivity contribution in [3.8, 4) is 0 Å². The van der Waals surface area contributed by atoms with Crippen molar-refractivity contribution in [2.24, 2.45) is 0 Å². The summed E-state index contributed by atoms with van der Waals surface area (Å²) >= 11 is 0. The zero-order valence-electron chi connectivity index (χ0n) is 16.0. The molecule has 0 bridgehead atoms. The largest absolute Gasteiger partial charge is 0.382 e. The van der Waals surface area contributed by atoms with Crippen molar-refractivity contribution in [3.05, 3.63) is 59.7 Å². The standard InChI is InChI=1S/C20H22FN5O3/c1-28-10-11-29-24-20(27)17-13-22-18-7-8-19(23-26(17)18)25-9-3-6-16(25)14-4-2-5-15(21)12-14/h2,4-5,7-8,12-13,16H,3,6,9-11H2,1H3,(H,24,27)/t16-/m1/s1. The highest BCUT2D eigenvalue weighted by Crippen LogP contribution is 2.35. The Labute approximate surface area is 167 Å². The van der Waals surface area contributed by atoms with Crippen molar-refractivity contribution < 1.29 is 18.8 Å². The second kappa shape index (κ2) is 8.54. The maximum Gasteiger partial charge on any atom is 0.295 e. The number of halogens is 1. The van der Waals surface area contributed by atoms with E-state index in [1.807, 2.05) is 18.2 Å². The normalized spacial score (nSPS) is 16.5. The van der Waals surface area contributed by atoms with Gasteiger partial charge in [-0.2, -0.15) is 0 Å². The van der Waals surface area contributed by atoms with E-state index < -0.39 is 5.91 Å². The van der Waals surface area contributed by atoms with Gasteiger partial charge in [-0.1, -0.05) is 12.1 Å². The number of nitrogens with one attached hydrogen (secondary N) is 1. The first-order valence-electron chi connectivity index (χ1n) is 9.45. The zero-order valence-corrected chi connectivity index (χ0v) is 16.0. The third-order valence-corrected chi connectivity index (χ3v) is 4.92. The summed E-state index contributed by atoms with van der Waals surface area (Å²) in [6, 6.07) is 10.4. The third kappa shape index (κ3) is 4.06. The van der Waals surface area contributed by atoms with Gasteiger partial charge in [0.1, 0.15) is 11.6 Å². The number of benzene rings is 1. The molecular weight excluding hydrogens is 377 g/mol. The number of hydrogen-bond acceptors (Lipinski definition) is 6. The summed E-state index contributed by atoms with van der Waals surface area (Å²) in [7, 11) is 1.55. The van der Waals surface area contributed by atoms with Gasteiger partial charge in [-0.3, -0.25) is 9.63 Å². The molecule has 8 nitrogen and oxygen atoms in total. The second-order valence-corrected chi connectivity index (χ2v) is 6.78. The summed E-state index contributed by atoms with van der Waals surface area (Å²) in [6.45, 7) is 1.41. The van der Waals surface area contributed by atoms with Crippen molar-refractivity contribution in [1.82, 2.24) is 20.1 Å². The van der Waals surface area contributed by atoms with E-state index >= 15 is 0 Å². The SMILES string of the molecule is COCCONC(=O)c1cnc2ccc(N3CCC[C@@H]3c3cccc(F)c3)nn12. The lowest BCUT2D eigenvalue weighted by molar-refractivity contribution is 0.00846. The number of imidazole rings is 1. The second-order valence-electron chi connectivity index (χ2n) is 6.78. The molecular formula is C20H22FN5O3. The molecule has 9 heteroatoms. The summed E-state index contributed by atoms with van der Waals surface area (Å²) in [5, 5.41) is 4.63. The number of nitrogens with zero attached hydrogens (tertiary/aromatic N) is 4. The number of anilines is 1. The minimum Gasteiger partial charge on any atom is -0.382 e. The molecule has 0 saturated carbocycles. The van der Waals surface area contributed by atoms with Crippen LogP contribution < -0.4 is 10.4 Å². The van der Waals surface area contributed by atoms with E-state index in [4.69, 9.17) is 9.57 Å². The van der Waals surface area contributed by atoms with Crippen LogP contribution in [-0.2, 0) is 9.57 Å². The van der Waals surface area contributed by atoms with E-state index in [2.05, 4.69) is 20.5 Å². The molecule has 29 heavy (non-hydrogen) atoms. The highest BCUT2D eigenvalue weighted by atomic mass is 19.1. The molecule has 1 atom stereocenters. The number of rotatable bonds is 7. The molecule has 0 radical (unpaired) electrons. The molecule has 1 amide bonds. The Morgan fingerprint density at radius 3 is 3.03 bits per heavy atom. The number of hydroxylamine groups is 1. The van der Waals surface area contributed by atoms with Crippen molar-refractivity contribution >= 4 is 17.4 Å². The van der Waals surface area contributed by atoms with Gasteiger partial charge < -0.3 is 9.64 Å². The number of carbonyl (C=O) groups is 1. The summed E-state index contributed by atoms with van der Waals surface area (Å²) in [6.07, 6.45) is 3.34. The van der Waals surface area contributed by atoms with Crippen LogP contribution in [0.25, 0.3) is 5.65 Å². The van der Waals surface area contributed by atoms with Gasteiger partial charge in [-0.15, -0.1) is 5.10 Å². The first kappa shape index (κ1) is 19.3. The predicted molar refractivity (Wildman–Crippen MR) is 104 cm³/mol. The van der Waals surface area contributed by atoms with Gasteiger partial charge in [0.2, 0.25) is 0 Å². The van der Waals surface area contributed by atoms with Crippen molar-refractivity contribution in [1.29, 1.82) is 0 Å².